The fourth-order valence-corrected chi connectivity index (χ4v) is 0.786. The van der Waals surface area contributed by atoms with Crippen LogP contribution in [0.25, 0.3) is 0 Å². The predicted molar refractivity (Wildman–Crippen MR) is 42.1 cm³/mol. The summed E-state index contributed by atoms with van der Waals surface area (Å²) in [5, 5.41) is 0. The maximum absolute atomic E-state index is 10.8. The highest BCUT2D eigenvalue weighted by Crippen LogP contribution is 2.08. The molecule has 0 unspecified atom stereocenters. The third-order valence-corrected chi connectivity index (χ3v) is 1.56. The first-order valence-electron chi connectivity index (χ1n) is 3.19. The zero-order valence-electron chi connectivity index (χ0n) is 6.43. The van der Waals surface area contributed by atoms with Crippen molar-refractivity contribution < 1.29 is 0 Å². The lowest BCUT2D eigenvalue weighted by molar-refractivity contribution is 0.991. The van der Waals surface area contributed by atoms with Gasteiger partial charge in [-0.3, -0.25) is 0 Å². The van der Waals surface area contributed by atoms with E-state index >= 15 is 0 Å². The molecule has 5 heteroatoms. The van der Waals surface area contributed by atoms with E-state index in [0.29, 0.717) is 5.82 Å². The van der Waals surface area contributed by atoms with E-state index in [1.165, 1.54) is 0 Å². The van der Waals surface area contributed by atoms with Gasteiger partial charge in [-0.2, -0.15) is 4.98 Å². The molecule has 0 saturated heterocycles. The number of nitrogens with two attached hydrogens (primary N) is 1. The summed E-state index contributed by atoms with van der Waals surface area (Å²) < 4.78 is 0. The van der Waals surface area contributed by atoms with E-state index in [1.807, 2.05) is 6.92 Å². The van der Waals surface area contributed by atoms with Gasteiger partial charge in [0.15, 0.2) is 0 Å². The van der Waals surface area contributed by atoms with Crippen LogP contribution in [-0.2, 0) is 0 Å². The van der Waals surface area contributed by atoms with Gasteiger partial charge in [-0.15, -0.1) is 0 Å². The molecule has 5 nitrogen and oxygen atoms in total. The molecule has 4 N–H and O–H groups in total. The van der Waals surface area contributed by atoms with Gasteiger partial charge in [0.1, 0.15) is 5.82 Å². The minimum Gasteiger partial charge on any atom is -0.310 e. The molecule has 11 heavy (non-hydrogen) atoms. The van der Waals surface area contributed by atoms with Gasteiger partial charge in [0.25, 0.3) is 0 Å². The summed E-state index contributed by atoms with van der Waals surface area (Å²) in [5.41, 5.74) is 3.59. The van der Waals surface area contributed by atoms with E-state index < -0.39 is 0 Å². The summed E-state index contributed by atoms with van der Waals surface area (Å²) in [5.74, 6) is 5.55. The second-order valence-corrected chi connectivity index (χ2v) is 2.28. The summed E-state index contributed by atoms with van der Waals surface area (Å²) in [4.78, 5) is 16.9. The summed E-state index contributed by atoms with van der Waals surface area (Å²) in [6.07, 6.45) is 0. The number of aromatic nitrogens is 2. The predicted octanol–water partition coefficient (Wildman–Crippen LogP) is -0.328. The number of nitrogens with zero attached hydrogens (tertiary/aromatic N) is 1. The molecule has 0 aliphatic heterocycles. The highest BCUT2D eigenvalue weighted by atomic mass is 16.1. The standard InChI is InChI=1S/C6H10N4O/c1-3-4(2)8-6(11)9-5(3)10-7/h7H2,1-2H3,(H2,8,9,10,11). The number of H-pyrrole nitrogens is 1. The fourth-order valence-electron chi connectivity index (χ4n) is 0.786. The molecule has 0 aliphatic carbocycles. The molecule has 60 valence electrons. The van der Waals surface area contributed by atoms with E-state index in [9.17, 15) is 4.79 Å². The van der Waals surface area contributed by atoms with E-state index in [4.69, 9.17) is 5.84 Å². The van der Waals surface area contributed by atoms with Gasteiger partial charge in [0.05, 0.1) is 0 Å². The van der Waals surface area contributed by atoms with Gasteiger partial charge < -0.3 is 10.4 Å². The van der Waals surface area contributed by atoms with Crippen molar-refractivity contribution in [3.8, 4) is 0 Å². The lowest BCUT2D eigenvalue weighted by Gasteiger charge is -2.03. The topological polar surface area (TPSA) is 83.8 Å². The van der Waals surface area contributed by atoms with Crippen LogP contribution in [0.5, 0.6) is 0 Å². The maximum Gasteiger partial charge on any atom is 0.347 e. The van der Waals surface area contributed by atoms with Crippen LogP contribution < -0.4 is 17.0 Å². The summed E-state index contributed by atoms with van der Waals surface area (Å²) in [6, 6.07) is 0. The van der Waals surface area contributed by atoms with E-state index in [1.54, 1.807) is 6.92 Å². The quantitative estimate of drug-likeness (QED) is 0.382. The molecule has 1 rings (SSSR count). The van der Waals surface area contributed by atoms with E-state index in [0.717, 1.165) is 11.3 Å². The van der Waals surface area contributed by atoms with Crippen LogP contribution >= 0.6 is 0 Å². The second kappa shape index (κ2) is 2.71. The van der Waals surface area contributed by atoms with Crippen LogP contribution in [0.2, 0.25) is 0 Å². The molecule has 1 aromatic heterocycles. The molecule has 0 saturated carbocycles. The molecule has 1 aromatic rings. The number of hydrogen-bond acceptors (Lipinski definition) is 4. The average molecular weight is 154 g/mol. The van der Waals surface area contributed by atoms with Crippen molar-refractivity contribution in [3.63, 3.8) is 0 Å². The molecule has 0 radical (unpaired) electrons. The first kappa shape index (κ1) is 7.74. The minimum atomic E-state index is -0.388. The fraction of sp³-hybridized carbons (Fsp3) is 0.333. The molecule has 1 heterocycles. The van der Waals surface area contributed by atoms with E-state index in [-0.39, 0.29) is 5.69 Å². The largest absolute Gasteiger partial charge is 0.347 e. The normalized spacial score (nSPS) is 9.73. The van der Waals surface area contributed by atoms with Crippen molar-refractivity contribution in [2.24, 2.45) is 5.84 Å². The Hall–Kier alpha value is -1.36. The highest BCUT2D eigenvalue weighted by molar-refractivity contribution is 5.42. The van der Waals surface area contributed by atoms with Crippen LogP contribution in [0.4, 0.5) is 5.82 Å². The molecular weight excluding hydrogens is 144 g/mol. The summed E-state index contributed by atoms with van der Waals surface area (Å²) in [6.45, 7) is 3.62. The van der Waals surface area contributed by atoms with Gasteiger partial charge in [-0.1, -0.05) is 0 Å². The second-order valence-electron chi connectivity index (χ2n) is 2.28. The van der Waals surface area contributed by atoms with Gasteiger partial charge in [-0.25, -0.2) is 10.6 Å². The molecule has 0 fully saturated rings. The highest BCUT2D eigenvalue weighted by Gasteiger charge is 2.01. The zero-order valence-corrected chi connectivity index (χ0v) is 6.43. The Labute approximate surface area is 63.6 Å². The summed E-state index contributed by atoms with van der Waals surface area (Å²) in [7, 11) is 0. The Balaban J connectivity index is 3.36. The summed E-state index contributed by atoms with van der Waals surface area (Å²) >= 11 is 0. The van der Waals surface area contributed by atoms with Crippen LogP contribution in [0, 0.1) is 13.8 Å². The lowest BCUT2D eigenvalue weighted by Crippen LogP contribution is -2.19. The van der Waals surface area contributed by atoms with Crippen molar-refractivity contribution in [2.75, 3.05) is 5.43 Å². The van der Waals surface area contributed by atoms with Gasteiger partial charge >= 0.3 is 5.69 Å². The maximum atomic E-state index is 10.8. The van der Waals surface area contributed by atoms with Crippen molar-refractivity contribution in [1.82, 2.24) is 9.97 Å². The molecule has 0 spiro atoms. The molecular formula is C6H10N4O. The van der Waals surface area contributed by atoms with Crippen LogP contribution in [0.3, 0.4) is 0 Å². The number of aryl methyl sites for hydroxylation is 1. The molecule has 0 aromatic carbocycles. The molecule has 0 atom stereocenters. The Kier molecular flexibility index (Phi) is 1.91. The third-order valence-electron chi connectivity index (χ3n) is 1.56. The number of nitrogens with one attached hydrogen (secondary N) is 2. The Morgan fingerprint density at radius 1 is 1.55 bits per heavy atom. The smallest absolute Gasteiger partial charge is 0.310 e. The number of hydrogen-bond donors (Lipinski definition) is 3. The first-order valence-corrected chi connectivity index (χ1v) is 3.19. The van der Waals surface area contributed by atoms with Gasteiger partial charge in [-0.05, 0) is 13.8 Å². The Bertz CT molecular complexity index is 317. The van der Waals surface area contributed by atoms with Crippen LogP contribution in [-0.4, -0.2) is 9.97 Å². The number of nitrogen functional groups attached to an aromatic ring is 1. The monoisotopic (exact) mass is 154 g/mol. The lowest BCUT2D eigenvalue weighted by atomic mass is 10.2. The van der Waals surface area contributed by atoms with Crippen LogP contribution in [0.1, 0.15) is 11.3 Å². The number of aromatic amines is 1. The number of hydrazine groups is 1. The first-order chi connectivity index (χ1) is 5.15. The zero-order chi connectivity index (χ0) is 8.43. The van der Waals surface area contributed by atoms with Gasteiger partial charge in [0, 0.05) is 11.3 Å². The third kappa shape index (κ3) is 1.38. The SMILES string of the molecule is Cc1[nH]c(=O)nc(NN)c1C. The van der Waals surface area contributed by atoms with Crippen molar-refractivity contribution in [3.05, 3.63) is 21.7 Å². The molecule has 0 bridgehead atoms. The molecule has 0 amide bonds. The Morgan fingerprint density at radius 3 is 2.73 bits per heavy atom. The van der Waals surface area contributed by atoms with Crippen LogP contribution in [0.15, 0.2) is 4.79 Å². The van der Waals surface area contributed by atoms with Gasteiger partial charge in [0.2, 0.25) is 0 Å². The van der Waals surface area contributed by atoms with Crippen molar-refractivity contribution in [1.29, 1.82) is 0 Å². The van der Waals surface area contributed by atoms with E-state index in [2.05, 4.69) is 15.4 Å². The molecule has 0 aliphatic rings. The minimum absolute atomic E-state index is 0.388. The number of rotatable bonds is 1. The number of anilines is 1. The Morgan fingerprint density at radius 2 is 2.18 bits per heavy atom. The van der Waals surface area contributed by atoms with Crippen molar-refractivity contribution in [2.45, 2.75) is 13.8 Å². The average Bonchev–Trinajstić information content (AvgIpc) is 1.96. The van der Waals surface area contributed by atoms with Crippen molar-refractivity contribution >= 4 is 5.82 Å².